The molecule has 0 unspecified atom stereocenters. The summed E-state index contributed by atoms with van der Waals surface area (Å²) in [6.45, 7) is 0. The monoisotopic (exact) mass is 622 g/mol. The number of furan rings is 1. The van der Waals surface area contributed by atoms with Crippen molar-refractivity contribution in [2.24, 2.45) is 0 Å². The van der Waals surface area contributed by atoms with Crippen molar-refractivity contribution in [2.75, 3.05) is 0 Å². The van der Waals surface area contributed by atoms with E-state index in [1.54, 1.807) is 0 Å². The highest BCUT2D eigenvalue weighted by Crippen LogP contribution is 2.49. The summed E-state index contributed by atoms with van der Waals surface area (Å²) in [7, 11) is 0. The second kappa shape index (κ2) is 11.1. The Morgan fingerprint density at radius 3 is 1.71 bits per heavy atom. The van der Waals surface area contributed by atoms with Crippen molar-refractivity contribution in [3.8, 4) is 44.5 Å². The van der Waals surface area contributed by atoms with Crippen LogP contribution < -0.4 is 0 Å². The topological polar surface area (TPSA) is 13.1 Å². The van der Waals surface area contributed by atoms with Crippen molar-refractivity contribution in [3.63, 3.8) is 0 Å². The van der Waals surface area contributed by atoms with Crippen LogP contribution in [0.4, 0.5) is 0 Å². The molecule has 1 nitrogen and oxygen atoms in total. The number of para-hydroxylation sites is 2. The van der Waals surface area contributed by atoms with Crippen molar-refractivity contribution >= 4 is 54.3 Å². The predicted molar refractivity (Wildman–Crippen MR) is 208 cm³/mol. The molecule has 10 aromatic rings. The Morgan fingerprint density at radius 2 is 0.857 bits per heavy atom. The maximum Gasteiger partial charge on any atom is 0.143 e. The van der Waals surface area contributed by atoms with Gasteiger partial charge in [0.25, 0.3) is 0 Å². The van der Waals surface area contributed by atoms with Crippen molar-refractivity contribution in [1.82, 2.24) is 0 Å². The zero-order valence-corrected chi connectivity index (χ0v) is 26.7. The molecule has 0 radical (unpaired) electrons. The van der Waals surface area contributed by atoms with E-state index in [0.717, 1.165) is 33.1 Å². The Morgan fingerprint density at radius 1 is 0.306 bits per heavy atom. The van der Waals surface area contributed by atoms with Gasteiger partial charge >= 0.3 is 0 Å². The summed E-state index contributed by atoms with van der Waals surface area (Å²) in [6.07, 6.45) is 0. The zero-order chi connectivity index (χ0) is 32.3. The molecule has 0 atom stereocenters. The van der Waals surface area contributed by atoms with E-state index in [0.29, 0.717) is 0 Å². The number of benzene rings is 9. The van der Waals surface area contributed by atoms with Crippen molar-refractivity contribution in [1.29, 1.82) is 0 Å². The van der Waals surface area contributed by atoms with Gasteiger partial charge in [-0.1, -0.05) is 170 Å². The van der Waals surface area contributed by atoms with Crippen LogP contribution >= 0.6 is 0 Å². The average Bonchev–Trinajstić information content (AvgIpc) is 3.56. The van der Waals surface area contributed by atoms with E-state index in [4.69, 9.17) is 4.42 Å². The second-order valence-electron chi connectivity index (χ2n) is 12.8. The maximum atomic E-state index is 6.67. The molecule has 0 spiro atoms. The fourth-order valence-corrected chi connectivity index (χ4v) is 7.93. The maximum absolute atomic E-state index is 6.67. The van der Waals surface area contributed by atoms with Crippen LogP contribution in [0.3, 0.4) is 0 Å². The molecule has 9 aromatic carbocycles. The lowest BCUT2D eigenvalue weighted by Crippen LogP contribution is -1.94. The molecule has 49 heavy (non-hydrogen) atoms. The fourth-order valence-electron chi connectivity index (χ4n) is 7.93. The zero-order valence-electron chi connectivity index (χ0n) is 26.7. The molecule has 0 fully saturated rings. The second-order valence-corrected chi connectivity index (χ2v) is 12.8. The Labute approximate surface area is 284 Å². The molecule has 0 aliphatic rings. The minimum Gasteiger partial charge on any atom is -0.455 e. The van der Waals surface area contributed by atoms with E-state index in [2.05, 4.69) is 176 Å². The predicted octanol–water partition coefficient (Wildman–Crippen LogP) is 13.7. The lowest BCUT2D eigenvalue weighted by atomic mass is 9.81. The van der Waals surface area contributed by atoms with Gasteiger partial charge < -0.3 is 4.42 Å². The normalized spacial score (nSPS) is 11.7. The van der Waals surface area contributed by atoms with Gasteiger partial charge in [-0.2, -0.15) is 0 Å². The first-order valence-electron chi connectivity index (χ1n) is 16.9. The quantitative estimate of drug-likeness (QED) is 0.178. The van der Waals surface area contributed by atoms with Crippen LogP contribution in [0, 0.1) is 0 Å². The van der Waals surface area contributed by atoms with Crippen LogP contribution in [0.1, 0.15) is 0 Å². The highest BCUT2D eigenvalue weighted by Gasteiger charge is 2.22. The third-order valence-electron chi connectivity index (χ3n) is 10.1. The summed E-state index contributed by atoms with van der Waals surface area (Å²) < 4.78 is 6.67. The van der Waals surface area contributed by atoms with Gasteiger partial charge in [-0.05, 0) is 83.4 Å². The summed E-state index contributed by atoms with van der Waals surface area (Å²) in [4.78, 5) is 0. The Kier molecular flexibility index (Phi) is 6.25. The Hall–Kier alpha value is -6.44. The summed E-state index contributed by atoms with van der Waals surface area (Å²) in [5, 5.41) is 9.67. The smallest absolute Gasteiger partial charge is 0.143 e. The van der Waals surface area contributed by atoms with Gasteiger partial charge in [-0.25, -0.2) is 0 Å². The first-order valence-corrected chi connectivity index (χ1v) is 16.9. The van der Waals surface area contributed by atoms with Gasteiger partial charge in [0.1, 0.15) is 11.2 Å². The number of fused-ring (bicyclic) bond motifs is 6. The third-order valence-corrected chi connectivity index (χ3v) is 10.1. The van der Waals surface area contributed by atoms with Crippen LogP contribution in [0.25, 0.3) is 98.8 Å². The van der Waals surface area contributed by atoms with Gasteiger partial charge in [0.05, 0.1) is 0 Å². The largest absolute Gasteiger partial charge is 0.455 e. The van der Waals surface area contributed by atoms with Crippen LogP contribution in [-0.2, 0) is 0 Å². The highest BCUT2D eigenvalue weighted by atomic mass is 16.3. The van der Waals surface area contributed by atoms with Crippen molar-refractivity contribution in [3.05, 3.63) is 182 Å². The van der Waals surface area contributed by atoms with Gasteiger partial charge in [-0.15, -0.1) is 0 Å². The minimum atomic E-state index is 0.905. The van der Waals surface area contributed by atoms with E-state index < -0.39 is 0 Å². The van der Waals surface area contributed by atoms with E-state index in [-0.39, 0.29) is 0 Å². The molecule has 0 aliphatic heterocycles. The molecular formula is C48H30O. The lowest BCUT2D eigenvalue weighted by molar-refractivity contribution is 0.670. The highest BCUT2D eigenvalue weighted by molar-refractivity contribution is 6.27. The van der Waals surface area contributed by atoms with Crippen LogP contribution in [-0.4, -0.2) is 0 Å². The van der Waals surface area contributed by atoms with Crippen LogP contribution in [0.2, 0.25) is 0 Å². The van der Waals surface area contributed by atoms with E-state index in [1.807, 2.05) is 6.07 Å². The van der Waals surface area contributed by atoms with Gasteiger partial charge in [0.15, 0.2) is 0 Å². The molecule has 228 valence electrons. The standard InChI is InChI=1S/C48H30O/c1-2-14-31(15-3-1)33-18-10-19-34(30-33)45-38-22-6-7-23-39(38)46(37-24-11-17-32-16-4-5-20-35(32)37)43-28-12-25-40(47(43)45)42-27-13-26-41-36-21-8-9-29-44(36)49-48(41)42/h1-30H. The molecule has 10 rings (SSSR count). The molecule has 0 amide bonds. The summed E-state index contributed by atoms with van der Waals surface area (Å²) >= 11 is 0. The van der Waals surface area contributed by atoms with E-state index >= 15 is 0 Å². The van der Waals surface area contributed by atoms with Crippen LogP contribution in [0.15, 0.2) is 186 Å². The average molecular weight is 623 g/mol. The summed E-state index contributed by atoms with van der Waals surface area (Å²) in [6, 6.07) is 65.8. The van der Waals surface area contributed by atoms with Gasteiger partial charge in [0.2, 0.25) is 0 Å². The minimum absolute atomic E-state index is 0.905. The molecular weight excluding hydrogens is 593 g/mol. The molecule has 0 N–H and O–H groups in total. The van der Waals surface area contributed by atoms with Crippen molar-refractivity contribution in [2.45, 2.75) is 0 Å². The summed E-state index contributed by atoms with van der Waals surface area (Å²) in [5.74, 6) is 0. The number of rotatable bonds is 4. The molecule has 0 aliphatic carbocycles. The van der Waals surface area contributed by atoms with Gasteiger partial charge in [0, 0.05) is 16.3 Å². The van der Waals surface area contributed by atoms with Gasteiger partial charge in [-0.3, -0.25) is 0 Å². The molecule has 0 saturated heterocycles. The molecule has 0 saturated carbocycles. The molecule has 1 heteroatoms. The Balaban J connectivity index is 1.39. The van der Waals surface area contributed by atoms with E-state index in [1.165, 1.54) is 65.7 Å². The first-order chi connectivity index (χ1) is 24.3. The SMILES string of the molecule is c1ccc(-c2cccc(-c3c4ccccc4c(-c4cccc5ccccc45)c4cccc(-c5cccc6c5oc5ccccc56)c34)c2)cc1. The Bertz CT molecular complexity index is 2870. The fraction of sp³-hybridized carbons (Fsp3) is 0. The van der Waals surface area contributed by atoms with Crippen LogP contribution in [0.5, 0.6) is 0 Å². The first kappa shape index (κ1) is 27.7. The third kappa shape index (κ3) is 4.33. The lowest BCUT2D eigenvalue weighted by Gasteiger charge is -2.21. The molecule has 0 bridgehead atoms. The number of hydrogen-bond acceptors (Lipinski definition) is 1. The van der Waals surface area contributed by atoms with Crippen molar-refractivity contribution < 1.29 is 4.42 Å². The van der Waals surface area contributed by atoms with E-state index in [9.17, 15) is 0 Å². The molecule has 1 aromatic heterocycles. The molecule has 1 heterocycles. The number of hydrogen-bond donors (Lipinski definition) is 0. The summed E-state index contributed by atoms with van der Waals surface area (Å²) in [5.41, 5.74) is 11.4.